The average molecular weight is 264 g/mol. The molecule has 3 rings (SSSR count). The van der Waals surface area contributed by atoms with Gasteiger partial charge in [-0.3, -0.25) is 5.10 Å². The molecule has 0 bridgehead atoms. The van der Waals surface area contributed by atoms with Gasteiger partial charge in [0, 0.05) is 30.8 Å². The summed E-state index contributed by atoms with van der Waals surface area (Å²) in [5.41, 5.74) is 6.48. The lowest BCUT2D eigenvalue weighted by Crippen LogP contribution is -2.26. The van der Waals surface area contributed by atoms with E-state index in [1.54, 1.807) is 6.07 Å². The van der Waals surface area contributed by atoms with Gasteiger partial charge in [0.2, 0.25) is 0 Å². The largest absolute Gasteiger partial charge is 0.354 e. The second-order valence-electron chi connectivity index (χ2n) is 4.74. The first-order valence-corrected chi connectivity index (χ1v) is 6.15. The van der Waals surface area contributed by atoms with Gasteiger partial charge in [0.15, 0.2) is 17.5 Å². The van der Waals surface area contributed by atoms with Crippen LogP contribution >= 0.6 is 0 Å². The fourth-order valence-corrected chi connectivity index (χ4v) is 2.32. The molecule has 1 saturated heterocycles. The van der Waals surface area contributed by atoms with Crippen molar-refractivity contribution in [3.8, 4) is 11.3 Å². The van der Waals surface area contributed by atoms with Crippen LogP contribution in [-0.2, 0) is 0 Å². The zero-order valence-corrected chi connectivity index (χ0v) is 10.2. The summed E-state index contributed by atoms with van der Waals surface area (Å²) in [7, 11) is 0. The highest BCUT2D eigenvalue weighted by molar-refractivity contribution is 5.64. The lowest BCUT2D eigenvalue weighted by Gasteiger charge is -2.13. The molecule has 2 heterocycles. The summed E-state index contributed by atoms with van der Waals surface area (Å²) >= 11 is 0. The number of hydrogen-bond acceptors (Lipinski definition) is 3. The maximum Gasteiger partial charge on any atom is 0.168 e. The highest BCUT2D eigenvalue weighted by Crippen LogP contribution is 2.26. The lowest BCUT2D eigenvalue weighted by atomic mass is 10.1. The van der Waals surface area contributed by atoms with Crippen LogP contribution in [0.5, 0.6) is 0 Å². The van der Waals surface area contributed by atoms with Crippen LogP contribution in [0.2, 0.25) is 0 Å². The summed E-state index contributed by atoms with van der Waals surface area (Å²) in [4.78, 5) is 2.03. The topological polar surface area (TPSA) is 57.9 Å². The summed E-state index contributed by atoms with van der Waals surface area (Å²) in [6.45, 7) is 1.56. The lowest BCUT2D eigenvalue weighted by molar-refractivity contribution is 0.511. The van der Waals surface area contributed by atoms with Crippen LogP contribution in [0.15, 0.2) is 24.3 Å². The summed E-state index contributed by atoms with van der Waals surface area (Å²) in [5.74, 6) is -1.01. The summed E-state index contributed by atoms with van der Waals surface area (Å²) in [5, 5.41) is 6.88. The predicted molar refractivity (Wildman–Crippen MR) is 68.7 cm³/mol. The normalized spacial score (nSPS) is 19.1. The second-order valence-corrected chi connectivity index (χ2v) is 4.74. The number of nitrogens with zero attached hydrogens (tertiary/aromatic N) is 2. The van der Waals surface area contributed by atoms with E-state index in [0.29, 0.717) is 11.5 Å². The molecule has 0 amide bonds. The van der Waals surface area contributed by atoms with Gasteiger partial charge in [-0.25, -0.2) is 8.78 Å². The van der Waals surface area contributed by atoms with Crippen molar-refractivity contribution in [2.75, 3.05) is 18.0 Å². The number of halogens is 2. The van der Waals surface area contributed by atoms with Gasteiger partial charge in [0.25, 0.3) is 0 Å². The molecule has 0 spiro atoms. The van der Waals surface area contributed by atoms with Gasteiger partial charge in [0.05, 0.1) is 5.69 Å². The molecule has 19 heavy (non-hydrogen) atoms. The zero-order chi connectivity index (χ0) is 13.4. The molecular weight excluding hydrogens is 250 g/mol. The van der Waals surface area contributed by atoms with E-state index in [-0.39, 0.29) is 11.6 Å². The molecule has 2 aromatic rings. The number of aromatic amines is 1. The maximum atomic E-state index is 13.7. The molecule has 3 N–H and O–H groups in total. The van der Waals surface area contributed by atoms with Crippen LogP contribution in [-0.4, -0.2) is 29.3 Å². The number of hydrogen-bond donors (Lipinski definition) is 2. The molecule has 1 aliphatic heterocycles. The van der Waals surface area contributed by atoms with Gasteiger partial charge in [-0.2, -0.15) is 5.10 Å². The van der Waals surface area contributed by atoms with Gasteiger partial charge in [0.1, 0.15) is 0 Å². The van der Waals surface area contributed by atoms with Gasteiger partial charge in [-0.05, 0) is 18.6 Å². The molecule has 1 unspecified atom stereocenters. The first-order valence-electron chi connectivity index (χ1n) is 6.15. The van der Waals surface area contributed by atoms with E-state index in [1.807, 2.05) is 4.90 Å². The minimum Gasteiger partial charge on any atom is -0.354 e. The van der Waals surface area contributed by atoms with Crippen molar-refractivity contribution in [2.45, 2.75) is 12.5 Å². The van der Waals surface area contributed by atoms with E-state index in [9.17, 15) is 8.78 Å². The Morgan fingerprint density at radius 3 is 2.95 bits per heavy atom. The van der Waals surface area contributed by atoms with Crippen molar-refractivity contribution < 1.29 is 8.78 Å². The molecule has 1 fully saturated rings. The first-order chi connectivity index (χ1) is 9.15. The van der Waals surface area contributed by atoms with Crippen molar-refractivity contribution >= 4 is 5.82 Å². The molecule has 1 aromatic heterocycles. The molecule has 6 heteroatoms. The molecule has 1 aliphatic rings. The number of nitrogens with two attached hydrogens (primary N) is 1. The number of rotatable bonds is 2. The third kappa shape index (κ3) is 2.19. The Hall–Kier alpha value is -1.95. The number of benzene rings is 1. The van der Waals surface area contributed by atoms with Crippen LogP contribution in [0.25, 0.3) is 11.3 Å². The molecule has 1 aromatic carbocycles. The third-order valence-corrected chi connectivity index (χ3v) is 3.35. The summed E-state index contributed by atoms with van der Waals surface area (Å²) in [6, 6.07) is 5.95. The predicted octanol–water partition coefficient (Wildman–Crippen LogP) is 1.89. The fraction of sp³-hybridized carbons (Fsp3) is 0.308. The van der Waals surface area contributed by atoms with Crippen molar-refractivity contribution in [1.29, 1.82) is 0 Å². The van der Waals surface area contributed by atoms with Crippen molar-refractivity contribution in [3.05, 3.63) is 35.9 Å². The van der Waals surface area contributed by atoms with E-state index in [2.05, 4.69) is 10.2 Å². The highest BCUT2D eigenvalue weighted by Gasteiger charge is 2.22. The molecule has 4 nitrogen and oxygen atoms in total. The van der Waals surface area contributed by atoms with Crippen molar-refractivity contribution in [2.24, 2.45) is 5.73 Å². The van der Waals surface area contributed by atoms with Gasteiger partial charge in [-0.1, -0.05) is 6.07 Å². The zero-order valence-electron chi connectivity index (χ0n) is 10.2. The van der Waals surface area contributed by atoms with Gasteiger partial charge < -0.3 is 10.6 Å². The molecule has 1 atom stereocenters. The molecule has 0 saturated carbocycles. The Morgan fingerprint density at radius 2 is 2.21 bits per heavy atom. The van der Waals surface area contributed by atoms with Crippen LogP contribution in [0.3, 0.4) is 0 Å². The SMILES string of the molecule is NC1CCN(c2cc(-c3cccc(F)c3F)[nH]n2)C1. The highest BCUT2D eigenvalue weighted by atomic mass is 19.2. The Bertz CT molecular complexity index is 596. The first kappa shape index (κ1) is 12.1. The quantitative estimate of drug-likeness (QED) is 0.871. The van der Waals surface area contributed by atoms with Crippen LogP contribution in [0, 0.1) is 11.6 Å². The van der Waals surface area contributed by atoms with Gasteiger partial charge >= 0.3 is 0 Å². The third-order valence-electron chi connectivity index (χ3n) is 3.35. The standard InChI is InChI=1S/C13H14F2N4/c14-10-3-1-2-9(13(10)15)11-6-12(18-17-11)19-5-4-8(16)7-19/h1-3,6,8H,4-5,7,16H2,(H,17,18). The minimum atomic E-state index is -0.865. The number of H-pyrrole nitrogens is 1. The Morgan fingerprint density at radius 1 is 1.37 bits per heavy atom. The number of aromatic nitrogens is 2. The monoisotopic (exact) mass is 264 g/mol. The smallest absolute Gasteiger partial charge is 0.168 e. The van der Waals surface area contributed by atoms with Gasteiger partial charge in [-0.15, -0.1) is 0 Å². The Balaban J connectivity index is 1.91. The van der Waals surface area contributed by atoms with E-state index in [1.165, 1.54) is 12.1 Å². The second kappa shape index (κ2) is 4.62. The van der Waals surface area contributed by atoms with E-state index in [4.69, 9.17) is 5.73 Å². The van der Waals surface area contributed by atoms with Crippen LogP contribution in [0.4, 0.5) is 14.6 Å². The van der Waals surface area contributed by atoms with Crippen LogP contribution < -0.4 is 10.6 Å². The molecular formula is C13H14F2N4. The number of nitrogens with one attached hydrogen (secondary N) is 1. The van der Waals surface area contributed by atoms with E-state index < -0.39 is 11.6 Å². The van der Waals surface area contributed by atoms with E-state index >= 15 is 0 Å². The average Bonchev–Trinajstić information content (AvgIpc) is 3.01. The number of anilines is 1. The fourth-order valence-electron chi connectivity index (χ4n) is 2.32. The Kier molecular flexibility index (Phi) is 2.94. The summed E-state index contributed by atoms with van der Waals surface area (Å²) < 4.78 is 26.9. The van der Waals surface area contributed by atoms with Crippen molar-refractivity contribution in [3.63, 3.8) is 0 Å². The van der Waals surface area contributed by atoms with Crippen LogP contribution in [0.1, 0.15) is 6.42 Å². The van der Waals surface area contributed by atoms with Crippen molar-refractivity contribution in [1.82, 2.24) is 10.2 Å². The van der Waals surface area contributed by atoms with E-state index in [0.717, 1.165) is 25.6 Å². The Labute approximate surface area is 109 Å². The molecule has 0 radical (unpaired) electrons. The molecule has 0 aliphatic carbocycles. The maximum absolute atomic E-state index is 13.7. The summed E-state index contributed by atoms with van der Waals surface area (Å²) in [6.07, 6.45) is 0.913. The minimum absolute atomic E-state index is 0.144. The molecule has 100 valence electrons.